The molecule has 100 valence electrons. The second-order valence-electron chi connectivity index (χ2n) is 6.93. The smallest absolute Gasteiger partial charge is 0.334 e. The van der Waals surface area contributed by atoms with Gasteiger partial charge in [-0.2, -0.15) is 0 Å². The summed E-state index contributed by atoms with van der Waals surface area (Å²) in [6, 6.07) is 0. The molecule has 3 rings (SSSR count). The zero-order valence-electron chi connectivity index (χ0n) is 11.2. The number of ether oxygens (including phenoxy) is 1. The van der Waals surface area contributed by atoms with Crippen LogP contribution in [0.2, 0.25) is 0 Å². The van der Waals surface area contributed by atoms with Crippen LogP contribution in [-0.4, -0.2) is 22.8 Å². The summed E-state index contributed by atoms with van der Waals surface area (Å²) in [5, 5.41) is 10.7. The first-order chi connectivity index (χ1) is 8.33. The Kier molecular flexibility index (Phi) is 2.44. The second-order valence-corrected chi connectivity index (χ2v) is 6.93. The summed E-state index contributed by atoms with van der Waals surface area (Å²) < 4.78 is 5.44. The number of rotatable bonds is 0. The molecule has 0 radical (unpaired) electrons. The largest absolute Gasteiger partial charge is 0.458 e. The maximum atomic E-state index is 11.6. The Morgan fingerprint density at radius 2 is 2.11 bits per heavy atom. The molecule has 0 aromatic rings. The number of hydrogen-bond acceptors (Lipinski definition) is 3. The van der Waals surface area contributed by atoms with E-state index in [4.69, 9.17) is 4.74 Å². The molecule has 3 fully saturated rings. The van der Waals surface area contributed by atoms with Crippen molar-refractivity contribution in [1.82, 2.24) is 0 Å². The Morgan fingerprint density at radius 3 is 2.83 bits per heavy atom. The highest BCUT2D eigenvalue weighted by molar-refractivity contribution is 5.90. The zero-order valence-corrected chi connectivity index (χ0v) is 11.2. The van der Waals surface area contributed by atoms with E-state index in [1.165, 1.54) is 0 Å². The Morgan fingerprint density at radius 1 is 1.39 bits per heavy atom. The van der Waals surface area contributed by atoms with E-state index in [1.54, 1.807) is 0 Å². The maximum absolute atomic E-state index is 11.6. The molecule has 0 bridgehead atoms. The SMILES string of the molecule is C=C1C(=O)O[C@H]2C[C@@]3(C)CCC[C@@](C)(O)[C@@H]3C[C@@H]12. The van der Waals surface area contributed by atoms with Crippen LogP contribution in [0.15, 0.2) is 12.2 Å². The molecule has 0 amide bonds. The van der Waals surface area contributed by atoms with E-state index in [2.05, 4.69) is 13.5 Å². The fourth-order valence-electron chi connectivity index (χ4n) is 4.59. The van der Waals surface area contributed by atoms with Crippen LogP contribution < -0.4 is 0 Å². The summed E-state index contributed by atoms with van der Waals surface area (Å²) in [5.74, 6) is 0.151. The van der Waals surface area contributed by atoms with Gasteiger partial charge in [-0.15, -0.1) is 0 Å². The highest BCUT2D eigenvalue weighted by atomic mass is 16.6. The van der Waals surface area contributed by atoms with Crippen molar-refractivity contribution in [3.8, 4) is 0 Å². The average molecular weight is 250 g/mol. The highest BCUT2D eigenvalue weighted by Gasteiger charge is 2.57. The number of hydrogen-bond donors (Lipinski definition) is 1. The summed E-state index contributed by atoms with van der Waals surface area (Å²) in [7, 11) is 0. The van der Waals surface area contributed by atoms with Crippen molar-refractivity contribution >= 4 is 5.97 Å². The lowest BCUT2D eigenvalue weighted by molar-refractivity contribution is -0.155. The Bertz CT molecular complexity index is 412. The van der Waals surface area contributed by atoms with E-state index >= 15 is 0 Å². The van der Waals surface area contributed by atoms with Crippen molar-refractivity contribution in [2.45, 2.75) is 57.7 Å². The predicted octanol–water partition coefficient (Wildman–Crippen LogP) is 2.44. The van der Waals surface area contributed by atoms with Gasteiger partial charge in [-0.3, -0.25) is 0 Å². The van der Waals surface area contributed by atoms with Gasteiger partial charge < -0.3 is 9.84 Å². The van der Waals surface area contributed by atoms with Crippen LogP contribution in [0.25, 0.3) is 0 Å². The third-order valence-corrected chi connectivity index (χ3v) is 5.60. The predicted molar refractivity (Wildman–Crippen MR) is 67.8 cm³/mol. The molecule has 1 heterocycles. The number of carbonyl (C=O) groups excluding carboxylic acids is 1. The second kappa shape index (κ2) is 3.60. The monoisotopic (exact) mass is 250 g/mol. The third-order valence-electron chi connectivity index (χ3n) is 5.60. The molecule has 0 aromatic carbocycles. The van der Waals surface area contributed by atoms with Crippen molar-refractivity contribution < 1.29 is 14.6 Å². The number of fused-ring (bicyclic) bond motifs is 2. The van der Waals surface area contributed by atoms with Crippen LogP contribution in [0.1, 0.15) is 46.0 Å². The Labute approximate surface area is 108 Å². The summed E-state index contributed by atoms with van der Waals surface area (Å²) in [4.78, 5) is 11.6. The van der Waals surface area contributed by atoms with Gasteiger partial charge in [-0.1, -0.05) is 19.9 Å². The molecule has 3 aliphatic rings. The van der Waals surface area contributed by atoms with Crippen molar-refractivity contribution in [1.29, 1.82) is 0 Å². The highest BCUT2D eigenvalue weighted by Crippen LogP contribution is 2.58. The normalized spacial score (nSPS) is 51.6. The minimum atomic E-state index is -0.607. The minimum absolute atomic E-state index is 0.000139. The van der Waals surface area contributed by atoms with E-state index in [-0.39, 0.29) is 29.3 Å². The van der Waals surface area contributed by atoms with Crippen LogP contribution in [0.3, 0.4) is 0 Å². The van der Waals surface area contributed by atoms with Gasteiger partial charge in [0.15, 0.2) is 0 Å². The maximum Gasteiger partial charge on any atom is 0.334 e. The first kappa shape index (κ1) is 12.2. The molecule has 3 heteroatoms. The molecule has 18 heavy (non-hydrogen) atoms. The molecule has 1 saturated heterocycles. The molecule has 5 atom stereocenters. The summed E-state index contributed by atoms with van der Waals surface area (Å²) in [6.07, 6.45) is 4.78. The minimum Gasteiger partial charge on any atom is -0.458 e. The lowest BCUT2D eigenvalue weighted by atomic mass is 9.52. The molecule has 0 spiro atoms. The summed E-state index contributed by atoms with van der Waals surface area (Å²) >= 11 is 0. The van der Waals surface area contributed by atoms with Gasteiger partial charge >= 0.3 is 5.97 Å². The molecule has 3 nitrogen and oxygen atoms in total. The molecule has 2 aliphatic carbocycles. The molecule has 2 saturated carbocycles. The average Bonchev–Trinajstić information content (AvgIpc) is 2.51. The van der Waals surface area contributed by atoms with Gasteiger partial charge in [0.2, 0.25) is 0 Å². The number of aliphatic hydroxyl groups is 1. The summed E-state index contributed by atoms with van der Waals surface area (Å²) in [6.45, 7) is 8.07. The molecular weight excluding hydrogens is 228 g/mol. The number of carbonyl (C=O) groups is 1. The van der Waals surface area contributed by atoms with Crippen molar-refractivity contribution in [3.63, 3.8) is 0 Å². The van der Waals surface area contributed by atoms with Crippen LogP contribution in [-0.2, 0) is 9.53 Å². The third kappa shape index (κ3) is 1.56. The van der Waals surface area contributed by atoms with Gasteiger partial charge in [0.1, 0.15) is 6.10 Å². The van der Waals surface area contributed by atoms with Crippen molar-refractivity contribution in [2.75, 3.05) is 0 Å². The lowest BCUT2D eigenvalue weighted by Crippen LogP contribution is -2.53. The molecule has 1 aliphatic heterocycles. The van der Waals surface area contributed by atoms with Gasteiger partial charge in [0, 0.05) is 11.5 Å². The van der Waals surface area contributed by atoms with E-state index < -0.39 is 5.60 Å². The van der Waals surface area contributed by atoms with E-state index in [0.29, 0.717) is 5.57 Å². The Hall–Kier alpha value is -0.830. The zero-order chi connectivity index (χ0) is 13.1. The van der Waals surface area contributed by atoms with Crippen LogP contribution in [0, 0.1) is 17.3 Å². The topological polar surface area (TPSA) is 46.5 Å². The fraction of sp³-hybridized carbons (Fsp3) is 0.800. The lowest BCUT2D eigenvalue weighted by Gasteiger charge is -2.54. The van der Waals surface area contributed by atoms with E-state index in [9.17, 15) is 9.90 Å². The quantitative estimate of drug-likeness (QED) is 0.530. The molecule has 1 N–H and O–H groups in total. The van der Waals surface area contributed by atoms with Crippen LogP contribution in [0.4, 0.5) is 0 Å². The molecule has 0 unspecified atom stereocenters. The van der Waals surface area contributed by atoms with Gasteiger partial charge in [0.25, 0.3) is 0 Å². The van der Waals surface area contributed by atoms with E-state index in [1.807, 2.05) is 6.92 Å². The number of esters is 1. The molecule has 0 aromatic heterocycles. The Balaban J connectivity index is 1.93. The first-order valence-corrected chi connectivity index (χ1v) is 6.96. The van der Waals surface area contributed by atoms with Crippen molar-refractivity contribution in [2.24, 2.45) is 17.3 Å². The van der Waals surface area contributed by atoms with Crippen LogP contribution in [0.5, 0.6) is 0 Å². The van der Waals surface area contributed by atoms with E-state index in [0.717, 1.165) is 32.1 Å². The van der Waals surface area contributed by atoms with Gasteiger partial charge in [-0.05, 0) is 43.9 Å². The first-order valence-electron chi connectivity index (χ1n) is 6.96. The molecular formula is C15H22O3. The van der Waals surface area contributed by atoms with Gasteiger partial charge in [-0.25, -0.2) is 4.79 Å². The van der Waals surface area contributed by atoms with Gasteiger partial charge in [0.05, 0.1) is 5.60 Å². The summed E-state index contributed by atoms with van der Waals surface area (Å²) in [5.41, 5.74) is 0.112. The van der Waals surface area contributed by atoms with Crippen molar-refractivity contribution in [3.05, 3.63) is 12.2 Å². The standard InChI is InChI=1S/C15H22O3/c1-9-10-7-12-14(2,5-4-6-15(12,3)17)8-11(10)18-13(9)16/h10-12,17H,1,4-8H2,2-3H3/t10-,11-,12+,14+,15+/m0/s1. The van der Waals surface area contributed by atoms with Crippen LogP contribution >= 0.6 is 0 Å². The fourth-order valence-corrected chi connectivity index (χ4v) is 4.59.